The fourth-order valence-corrected chi connectivity index (χ4v) is 4.98. The SMILES string of the molecule is COc1cc(/C=C2\SC(=O)N(CCOc3ccc(C)cc3)C2=O)cc(Br)c1OCc1ccc(C)cc1. The summed E-state index contributed by atoms with van der Waals surface area (Å²) in [4.78, 5) is 26.9. The Morgan fingerprint density at radius 2 is 1.61 bits per heavy atom. The number of hydrogen-bond acceptors (Lipinski definition) is 6. The number of rotatable bonds is 9. The van der Waals surface area contributed by atoms with Gasteiger partial charge in [0.05, 0.1) is 23.0 Å². The lowest BCUT2D eigenvalue weighted by molar-refractivity contribution is -0.123. The van der Waals surface area contributed by atoms with E-state index in [0.717, 1.165) is 22.9 Å². The summed E-state index contributed by atoms with van der Waals surface area (Å²) < 4.78 is 17.9. The van der Waals surface area contributed by atoms with E-state index in [1.807, 2.05) is 68.4 Å². The largest absolute Gasteiger partial charge is 0.493 e. The van der Waals surface area contributed by atoms with Crippen LogP contribution in [0.4, 0.5) is 4.79 Å². The molecule has 6 nitrogen and oxygen atoms in total. The van der Waals surface area contributed by atoms with Crippen molar-refractivity contribution in [2.45, 2.75) is 20.5 Å². The van der Waals surface area contributed by atoms with Gasteiger partial charge in [-0.2, -0.15) is 0 Å². The van der Waals surface area contributed by atoms with Crippen molar-refractivity contribution in [1.82, 2.24) is 4.90 Å². The second kappa shape index (κ2) is 11.7. The first-order valence-electron chi connectivity index (χ1n) is 11.3. The average molecular weight is 568 g/mol. The van der Waals surface area contributed by atoms with Crippen molar-refractivity contribution in [3.8, 4) is 17.2 Å². The van der Waals surface area contributed by atoms with Crippen LogP contribution in [0, 0.1) is 13.8 Å². The molecule has 0 spiro atoms. The first-order valence-corrected chi connectivity index (χ1v) is 13.0. The molecule has 4 rings (SSSR count). The Morgan fingerprint density at radius 1 is 0.944 bits per heavy atom. The van der Waals surface area contributed by atoms with E-state index in [-0.39, 0.29) is 24.3 Å². The monoisotopic (exact) mass is 567 g/mol. The molecule has 0 saturated carbocycles. The van der Waals surface area contributed by atoms with E-state index in [4.69, 9.17) is 14.2 Å². The summed E-state index contributed by atoms with van der Waals surface area (Å²) in [6.07, 6.45) is 1.68. The third-order valence-electron chi connectivity index (χ3n) is 5.53. The summed E-state index contributed by atoms with van der Waals surface area (Å²) in [7, 11) is 1.56. The zero-order valence-electron chi connectivity index (χ0n) is 20.2. The topological polar surface area (TPSA) is 65.1 Å². The molecule has 186 valence electrons. The molecular weight excluding hydrogens is 542 g/mol. The quantitative estimate of drug-likeness (QED) is 0.266. The van der Waals surface area contributed by atoms with Gasteiger partial charge in [0.25, 0.3) is 11.1 Å². The molecule has 36 heavy (non-hydrogen) atoms. The van der Waals surface area contributed by atoms with Crippen molar-refractivity contribution in [1.29, 1.82) is 0 Å². The van der Waals surface area contributed by atoms with Gasteiger partial charge in [0.2, 0.25) is 0 Å². The molecule has 0 atom stereocenters. The summed E-state index contributed by atoms with van der Waals surface area (Å²) >= 11 is 4.47. The average Bonchev–Trinajstić information content (AvgIpc) is 3.12. The maximum atomic E-state index is 12.9. The third kappa shape index (κ3) is 6.30. The van der Waals surface area contributed by atoms with Gasteiger partial charge in [0.1, 0.15) is 19.0 Å². The Hall–Kier alpha value is -3.23. The van der Waals surface area contributed by atoms with E-state index in [2.05, 4.69) is 15.9 Å². The predicted molar refractivity (Wildman–Crippen MR) is 146 cm³/mol. The number of amides is 2. The zero-order chi connectivity index (χ0) is 25.7. The fourth-order valence-electron chi connectivity index (χ4n) is 3.54. The highest BCUT2D eigenvalue weighted by atomic mass is 79.9. The Balaban J connectivity index is 1.43. The number of ether oxygens (including phenoxy) is 3. The van der Waals surface area contributed by atoms with E-state index in [0.29, 0.717) is 38.8 Å². The van der Waals surface area contributed by atoms with Crippen LogP contribution in [-0.4, -0.2) is 36.3 Å². The lowest BCUT2D eigenvalue weighted by atomic mass is 10.1. The smallest absolute Gasteiger partial charge is 0.293 e. The number of hydrogen-bond donors (Lipinski definition) is 0. The minimum atomic E-state index is -0.340. The van der Waals surface area contributed by atoms with Gasteiger partial charge in [-0.1, -0.05) is 47.5 Å². The van der Waals surface area contributed by atoms with Crippen LogP contribution in [0.2, 0.25) is 0 Å². The molecule has 1 heterocycles. The Morgan fingerprint density at radius 3 is 2.28 bits per heavy atom. The first-order chi connectivity index (χ1) is 17.3. The van der Waals surface area contributed by atoms with Crippen LogP contribution in [0.25, 0.3) is 6.08 Å². The molecule has 1 aliphatic rings. The van der Waals surface area contributed by atoms with Gasteiger partial charge < -0.3 is 14.2 Å². The van der Waals surface area contributed by atoms with E-state index >= 15 is 0 Å². The molecule has 0 aromatic heterocycles. The Bertz CT molecular complexity index is 1290. The molecular formula is C28H26BrNO5S. The predicted octanol–water partition coefficient (Wildman–Crippen LogP) is 6.77. The van der Waals surface area contributed by atoms with Crippen LogP contribution in [-0.2, 0) is 11.4 Å². The molecule has 8 heteroatoms. The zero-order valence-corrected chi connectivity index (χ0v) is 22.6. The number of imide groups is 1. The highest BCUT2D eigenvalue weighted by Crippen LogP contribution is 2.39. The minimum Gasteiger partial charge on any atom is -0.493 e. The first kappa shape index (κ1) is 25.9. The molecule has 3 aromatic rings. The number of methoxy groups -OCH3 is 1. The molecule has 0 aliphatic carbocycles. The molecule has 1 fully saturated rings. The lowest BCUT2D eigenvalue weighted by Crippen LogP contribution is -2.32. The summed E-state index contributed by atoms with van der Waals surface area (Å²) in [5.41, 5.74) is 4.07. The van der Waals surface area contributed by atoms with Crippen molar-refractivity contribution >= 4 is 44.9 Å². The second-order valence-electron chi connectivity index (χ2n) is 8.30. The van der Waals surface area contributed by atoms with Crippen molar-refractivity contribution < 1.29 is 23.8 Å². The molecule has 1 saturated heterocycles. The molecule has 1 aliphatic heterocycles. The second-order valence-corrected chi connectivity index (χ2v) is 10.2. The van der Waals surface area contributed by atoms with Gasteiger partial charge in [-0.15, -0.1) is 0 Å². The lowest BCUT2D eigenvalue weighted by Gasteiger charge is -2.14. The van der Waals surface area contributed by atoms with Gasteiger partial charge in [0, 0.05) is 0 Å². The number of halogens is 1. The highest BCUT2D eigenvalue weighted by molar-refractivity contribution is 9.10. The van der Waals surface area contributed by atoms with Gasteiger partial charge in [0.15, 0.2) is 11.5 Å². The van der Waals surface area contributed by atoms with Crippen molar-refractivity contribution in [2.75, 3.05) is 20.3 Å². The van der Waals surface area contributed by atoms with Gasteiger partial charge in [-0.3, -0.25) is 14.5 Å². The van der Waals surface area contributed by atoms with Gasteiger partial charge in [-0.05, 0) is 83.0 Å². The summed E-state index contributed by atoms with van der Waals surface area (Å²) in [6, 6.07) is 19.4. The standard InChI is InChI=1S/C28H26BrNO5S/c1-18-4-8-20(9-5-18)17-35-26-23(29)14-21(15-24(26)33-3)16-25-27(31)30(28(32)36-25)12-13-34-22-10-6-19(2)7-11-22/h4-11,14-16H,12-13,17H2,1-3H3/b25-16-. The molecule has 2 amide bonds. The number of nitrogens with zero attached hydrogens (tertiary/aromatic N) is 1. The summed E-state index contributed by atoms with van der Waals surface area (Å²) in [6.45, 7) is 4.82. The van der Waals surface area contributed by atoms with Crippen molar-refractivity contribution in [2.24, 2.45) is 0 Å². The molecule has 3 aromatic carbocycles. The van der Waals surface area contributed by atoms with Crippen LogP contribution in [0.5, 0.6) is 17.2 Å². The number of benzene rings is 3. The number of thioether (sulfide) groups is 1. The molecule has 0 bridgehead atoms. The highest BCUT2D eigenvalue weighted by Gasteiger charge is 2.35. The van der Waals surface area contributed by atoms with Crippen LogP contribution in [0.15, 0.2) is 70.0 Å². The van der Waals surface area contributed by atoms with E-state index in [1.54, 1.807) is 19.3 Å². The van der Waals surface area contributed by atoms with Crippen molar-refractivity contribution in [3.05, 3.63) is 92.3 Å². The number of carbonyl (C=O) groups is 2. The number of aryl methyl sites for hydroxylation is 2. The molecule has 0 radical (unpaired) electrons. The number of carbonyl (C=O) groups excluding carboxylic acids is 2. The normalized spacial score (nSPS) is 14.4. The van der Waals surface area contributed by atoms with Crippen LogP contribution < -0.4 is 14.2 Å². The van der Waals surface area contributed by atoms with Crippen LogP contribution >= 0.6 is 27.7 Å². The Labute approximate surface area is 223 Å². The van der Waals surface area contributed by atoms with Crippen LogP contribution in [0.1, 0.15) is 22.3 Å². The minimum absolute atomic E-state index is 0.175. The maximum Gasteiger partial charge on any atom is 0.293 e. The van der Waals surface area contributed by atoms with Crippen LogP contribution in [0.3, 0.4) is 0 Å². The third-order valence-corrected chi connectivity index (χ3v) is 7.03. The van der Waals surface area contributed by atoms with E-state index < -0.39 is 0 Å². The van der Waals surface area contributed by atoms with Crippen molar-refractivity contribution in [3.63, 3.8) is 0 Å². The summed E-state index contributed by atoms with van der Waals surface area (Å²) in [5.74, 6) is 1.45. The van der Waals surface area contributed by atoms with E-state index in [9.17, 15) is 9.59 Å². The van der Waals surface area contributed by atoms with Gasteiger partial charge in [-0.25, -0.2) is 0 Å². The van der Waals surface area contributed by atoms with Gasteiger partial charge >= 0.3 is 0 Å². The Kier molecular flexibility index (Phi) is 8.38. The maximum absolute atomic E-state index is 12.9. The van der Waals surface area contributed by atoms with E-state index in [1.165, 1.54) is 10.5 Å². The summed E-state index contributed by atoms with van der Waals surface area (Å²) in [5, 5.41) is -0.317. The molecule has 0 N–H and O–H groups in total. The fraction of sp³-hybridized carbons (Fsp3) is 0.214. The molecule has 0 unspecified atom stereocenters.